The molecule has 0 amide bonds. The molecule has 1 N–H and O–H groups in total. The van der Waals surface area contributed by atoms with Gasteiger partial charge in [-0.05, 0) is 47.5 Å². The molecule has 2 aromatic carbocycles. The minimum absolute atomic E-state index is 0.156. The van der Waals surface area contributed by atoms with Crippen molar-refractivity contribution in [3.05, 3.63) is 65.7 Å². The molecule has 0 saturated carbocycles. The third kappa shape index (κ3) is 5.63. The van der Waals surface area contributed by atoms with E-state index in [1.54, 1.807) is 49.6 Å². The van der Waals surface area contributed by atoms with Crippen molar-refractivity contribution in [3.63, 3.8) is 0 Å². The fourth-order valence-corrected chi connectivity index (χ4v) is 2.21. The molecule has 2 aromatic rings. The van der Waals surface area contributed by atoms with Crippen LogP contribution in [-0.4, -0.2) is 30.9 Å². The van der Waals surface area contributed by atoms with Gasteiger partial charge in [0.25, 0.3) is 0 Å². The second-order valence-electron chi connectivity index (χ2n) is 5.48. The fraction of sp³-hybridized carbons (Fsp3) is 0.143. The summed E-state index contributed by atoms with van der Waals surface area (Å²) in [5.74, 6) is 0.740. The van der Waals surface area contributed by atoms with Gasteiger partial charge in [-0.25, -0.2) is 0 Å². The van der Waals surface area contributed by atoms with E-state index in [4.69, 9.17) is 9.47 Å². The van der Waals surface area contributed by atoms with E-state index in [2.05, 4.69) is 0 Å². The van der Waals surface area contributed by atoms with Crippen molar-refractivity contribution in [2.75, 3.05) is 14.2 Å². The topological polar surface area (TPSA) is 72.8 Å². The first kappa shape index (κ1) is 19.0. The number of carbonyl (C=O) groups is 2. The molecule has 0 spiro atoms. The predicted molar refractivity (Wildman–Crippen MR) is 100 cm³/mol. The van der Waals surface area contributed by atoms with E-state index >= 15 is 0 Å². The van der Waals surface area contributed by atoms with Gasteiger partial charge in [0, 0.05) is 0 Å². The first-order valence-corrected chi connectivity index (χ1v) is 7.94. The van der Waals surface area contributed by atoms with Crippen LogP contribution in [0.1, 0.15) is 17.5 Å². The number of phenols is 1. The Morgan fingerprint density at radius 1 is 0.846 bits per heavy atom. The summed E-state index contributed by atoms with van der Waals surface area (Å²) in [6.07, 6.45) is 5.74. The molecule has 0 saturated heterocycles. The fourth-order valence-electron chi connectivity index (χ4n) is 2.21. The number of rotatable bonds is 8. The average molecular weight is 352 g/mol. The smallest absolute Gasteiger partial charge is 0.163 e. The van der Waals surface area contributed by atoms with Gasteiger partial charge in [0.1, 0.15) is 5.75 Å². The van der Waals surface area contributed by atoms with Gasteiger partial charge in [0.15, 0.2) is 23.1 Å². The Kier molecular flexibility index (Phi) is 6.74. The molecule has 5 nitrogen and oxygen atoms in total. The number of phenolic OH excluding ortho intramolecular Hbond substituents is 1. The molecule has 134 valence electrons. The lowest BCUT2D eigenvalue weighted by atomic mass is 10.1. The highest BCUT2D eigenvalue weighted by Gasteiger charge is 2.05. The van der Waals surface area contributed by atoms with Crippen LogP contribution >= 0.6 is 0 Å². The largest absolute Gasteiger partial charge is 0.508 e. The zero-order valence-electron chi connectivity index (χ0n) is 14.6. The molecular weight excluding hydrogens is 332 g/mol. The number of ketones is 2. The summed E-state index contributed by atoms with van der Waals surface area (Å²) in [6.45, 7) is 0. The summed E-state index contributed by atoms with van der Waals surface area (Å²) >= 11 is 0. The second-order valence-corrected chi connectivity index (χ2v) is 5.48. The molecule has 5 heteroatoms. The molecule has 0 fully saturated rings. The lowest BCUT2D eigenvalue weighted by Crippen LogP contribution is -2.01. The molecule has 0 unspecified atom stereocenters. The Labute approximate surface area is 152 Å². The number of ether oxygens (including phenoxy) is 2. The number of hydrogen-bond donors (Lipinski definition) is 1. The van der Waals surface area contributed by atoms with Crippen molar-refractivity contribution in [2.24, 2.45) is 0 Å². The molecule has 2 rings (SSSR count). The van der Waals surface area contributed by atoms with Gasteiger partial charge in [0.2, 0.25) is 0 Å². The molecule has 0 aromatic heterocycles. The van der Waals surface area contributed by atoms with Crippen molar-refractivity contribution < 1.29 is 24.2 Å². The maximum Gasteiger partial charge on any atom is 0.163 e. The molecular formula is C21H20O5. The Balaban J connectivity index is 1.94. The normalized spacial score (nSPS) is 11.0. The van der Waals surface area contributed by atoms with E-state index in [0.717, 1.165) is 11.1 Å². The predicted octanol–water partition coefficient (Wildman–Crippen LogP) is 3.66. The summed E-state index contributed by atoms with van der Waals surface area (Å²) < 4.78 is 10.4. The van der Waals surface area contributed by atoms with Crippen LogP contribution in [-0.2, 0) is 9.59 Å². The van der Waals surface area contributed by atoms with Crippen molar-refractivity contribution in [1.29, 1.82) is 0 Å². The Morgan fingerprint density at radius 2 is 1.38 bits per heavy atom. The van der Waals surface area contributed by atoms with Gasteiger partial charge in [0.05, 0.1) is 20.6 Å². The number of benzene rings is 2. The van der Waals surface area contributed by atoms with Crippen LogP contribution in [0.2, 0.25) is 0 Å². The summed E-state index contributed by atoms with van der Waals surface area (Å²) in [7, 11) is 3.09. The summed E-state index contributed by atoms with van der Waals surface area (Å²) in [5.41, 5.74) is 1.53. The number of methoxy groups -OCH3 is 2. The van der Waals surface area contributed by atoms with Crippen molar-refractivity contribution in [3.8, 4) is 17.2 Å². The van der Waals surface area contributed by atoms with Crippen molar-refractivity contribution in [1.82, 2.24) is 0 Å². The van der Waals surface area contributed by atoms with Crippen LogP contribution in [0.5, 0.6) is 17.2 Å². The second kappa shape index (κ2) is 9.22. The van der Waals surface area contributed by atoms with E-state index in [1.165, 1.54) is 31.4 Å². The van der Waals surface area contributed by atoms with Crippen LogP contribution < -0.4 is 9.47 Å². The zero-order valence-corrected chi connectivity index (χ0v) is 14.6. The molecule has 26 heavy (non-hydrogen) atoms. The quantitative estimate of drug-likeness (QED) is 0.580. The van der Waals surface area contributed by atoms with E-state index in [9.17, 15) is 14.7 Å². The molecule has 0 atom stereocenters. The highest BCUT2D eigenvalue weighted by atomic mass is 16.5. The molecule has 0 bridgehead atoms. The minimum Gasteiger partial charge on any atom is -0.508 e. The van der Waals surface area contributed by atoms with Gasteiger partial charge in [-0.2, -0.15) is 0 Å². The standard InChI is InChI=1S/C21H20O5/c1-25-20-12-7-16(13-21(20)26-2)6-11-19(24)14-18(23)10-5-15-3-8-17(22)9-4-15/h3-13,22H,14H2,1-2H3. The maximum absolute atomic E-state index is 11.9. The molecule has 0 aliphatic rings. The first-order chi connectivity index (χ1) is 12.5. The van der Waals surface area contributed by atoms with Crippen LogP contribution in [0.3, 0.4) is 0 Å². The van der Waals surface area contributed by atoms with E-state index < -0.39 is 0 Å². The third-order valence-electron chi connectivity index (χ3n) is 3.57. The van der Waals surface area contributed by atoms with Crippen LogP contribution in [0.25, 0.3) is 12.2 Å². The van der Waals surface area contributed by atoms with Crippen LogP contribution in [0, 0.1) is 0 Å². The van der Waals surface area contributed by atoms with Gasteiger partial charge in [-0.15, -0.1) is 0 Å². The highest BCUT2D eigenvalue weighted by Crippen LogP contribution is 2.27. The Morgan fingerprint density at radius 3 is 1.96 bits per heavy atom. The zero-order chi connectivity index (χ0) is 18.9. The molecule has 0 radical (unpaired) electrons. The third-order valence-corrected chi connectivity index (χ3v) is 3.57. The Hall–Kier alpha value is -3.34. The monoisotopic (exact) mass is 352 g/mol. The maximum atomic E-state index is 11.9. The summed E-state index contributed by atoms with van der Waals surface area (Å²) in [4.78, 5) is 23.8. The van der Waals surface area contributed by atoms with Crippen molar-refractivity contribution in [2.45, 2.75) is 6.42 Å². The number of allylic oxidation sites excluding steroid dienone is 2. The highest BCUT2D eigenvalue weighted by molar-refractivity contribution is 6.10. The number of hydrogen-bond acceptors (Lipinski definition) is 5. The van der Waals surface area contributed by atoms with Crippen LogP contribution in [0.4, 0.5) is 0 Å². The number of carbonyl (C=O) groups excluding carboxylic acids is 2. The number of aromatic hydroxyl groups is 1. The van der Waals surface area contributed by atoms with E-state index in [1.807, 2.05) is 0 Å². The van der Waals surface area contributed by atoms with Gasteiger partial charge in [-0.1, -0.05) is 30.4 Å². The van der Waals surface area contributed by atoms with E-state index in [0.29, 0.717) is 11.5 Å². The van der Waals surface area contributed by atoms with Gasteiger partial charge in [-0.3, -0.25) is 9.59 Å². The summed E-state index contributed by atoms with van der Waals surface area (Å²) in [5, 5.41) is 9.21. The SMILES string of the molecule is COc1ccc(C=CC(=O)CC(=O)C=Cc2ccc(O)cc2)cc1OC. The summed E-state index contributed by atoms with van der Waals surface area (Å²) in [6, 6.07) is 11.7. The molecule has 0 aliphatic heterocycles. The minimum atomic E-state index is -0.292. The van der Waals surface area contributed by atoms with Gasteiger partial charge < -0.3 is 14.6 Å². The first-order valence-electron chi connectivity index (χ1n) is 7.94. The lowest BCUT2D eigenvalue weighted by molar-refractivity contribution is -0.121. The molecule has 0 aliphatic carbocycles. The van der Waals surface area contributed by atoms with Crippen LogP contribution in [0.15, 0.2) is 54.6 Å². The molecule has 0 heterocycles. The Bertz CT molecular complexity index is 832. The van der Waals surface area contributed by atoms with E-state index in [-0.39, 0.29) is 23.7 Å². The lowest BCUT2D eigenvalue weighted by Gasteiger charge is -2.07. The average Bonchev–Trinajstić information content (AvgIpc) is 2.65. The van der Waals surface area contributed by atoms with Crippen molar-refractivity contribution >= 4 is 23.7 Å². The van der Waals surface area contributed by atoms with Gasteiger partial charge >= 0.3 is 0 Å².